The minimum Gasteiger partial charge on any atom is -1.00 e. The van der Waals surface area contributed by atoms with Gasteiger partial charge in [-0.05, 0) is 43.8 Å². The zero-order valence-corrected chi connectivity index (χ0v) is 30.9. The molecule has 0 radical (unpaired) electrons. The molecule has 2 aromatic heterocycles. The SMILES string of the molecule is C1=C[N-]c2c3c(ccc2=C1)=CC=C[N-]3.C1=C[N-]c2c3c(ccc2=C1)=CC=C[N-]3.[Cl-].[Cl-].[Ru+8].c1ccc2c(c1)[N-]c1c(c3cccnc3c3ncccc13)[N-]2. The van der Waals surface area contributed by atoms with Crippen LogP contribution in [0.2, 0.25) is 0 Å². The van der Waals surface area contributed by atoms with Gasteiger partial charge in [0.2, 0.25) is 0 Å². The second-order valence-corrected chi connectivity index (χ2v) is 11.6. The first-order valence-corrected chi connectivity index (χ1v) is 16.2. The second-order valence-electron chi connectivity index (χ2n) is 11.6. The van der Waals surface area contributed by atoms with Crippen molar-refractivity contribution in [1.29, 1.82) is 0 Å². The van der Waals surface area contributed by atoms with Crippen LogP contribution in [-0.2, 0) is 19.5 Å². The van der Waals surface area contributed by atoms with Crippen LogP contribution in [0.3, 0.4) is 0 Å². The van der Waals surface area contributed by atoms with E-state index in [2.05, 4.69) is 79.8 Å². The first kappa shape index (κ1) is 36.9. The van der Waals surface area contributed by atoms with Crippen molar-refractivity contribution in [2.75, 3.05) is 0 Å². The average Bonchev–Trinajstić information content (AvgIpc) is 3.21. The fraction of sp³-hybridized carbons (Fsp3) is 0. The number of pyridine rings is 2. The van der Waals surface area contributed by atoms with Crippen molar-refractivity contribution in [1.82, 2.24) is 9.97 Å². The number of rotatable bonds is 0. The van der Waals surface area contributed by atoms with E-state index < -0.39 is 0 Å². The Kier molecular flexibility index (Phi) is 11.3. The van der Waals surface area contributed by atoms with Crippen LogP contribution in [0, 0.1) is 0 Å². The number of fused-ring (bicyclic) bond motifs is 13. The molecular weight excluding hydrogens is 788 g/mol. The van der Waals surface area contributed by atoms with E-state index >= 15 is 0 Å². The van der Waals surface area contributed by atoms with E-state index in [0.29, 0.717) is 0 Å². The van der Waals surface area contributed by atoms with Crippen molar-refractivity contribution < 1.29 is 44.3 Å². The Morgan fingerprint density at radius 2 is 0.717 bits per heavy atom. The largest absolute Gasteiger partial charge is 8.00 e. The molecule has 0 aliphatic carbocycles. The number of para-hydroxylation sites is 2. The summed E-state index contributed by atoms with van der Waals surface area (Å²) in [4.78, 5) is 9.02. The molecule has 256 valence electrons. The van der Waals surface area contributed by atoms with Crippen molar-refractivity contribution in [3.05, 3.63) is 187 Å². The molecule has 8 nitrogen and oxygen atoms in total. The van der Waals surface area contributed by atoms with Crippen LogP contribution in [0.25, 0.3) is 78.0 Å². The molecule has 0 atom stereocenters. The molecule has 4 aromatic carbocycles. The van der Waals surface area contributed by atoms with E-state index in [4.69, 9.17) is 10.6 Å². The summed E-state index contributed by atoms with van der Waals surface area (Å²) in [5, 5.41) is 33.6. The van der Waals surface area contributed by atoms with Gasteiger partial charge < -0.3 is 56.7 Å². The van der Waals surface area contributed by atoms with Crippen molar-refractivity contribution in [2.24, 2.45) is 0 Å². The molecule has 0 unspecified atom stereocenters. The third-order valence-electron chi connectivity index (χ3n) is 8.61. The van der Waals surface area contributed by atoms with Gasteiger partial charge in [-0.1, -0.05) is 109 Å². The van der Waals surface area contributed by atoms with E-state index in [1.54, 1.807) is 37.2 Å². The predicted molar refractivity (Wildman–Crippen MR) is 207 cm³/mol. The minimum absolute atomic E-state index is 0. The number of allylic oxidation sites excluding steroid dienone is 4. The second kappa shape index (κ2) is 16.2. The molecule has 0 saturated heterocycles. The zero-order valence-electron chi connectivity index (χ0n) is 27.7. The van der Waals surface area contributed by atoms with Gasteiger partial charge in [0, 0.05) is 12.4 Å². The Morgan fingerprint density at radius 1 is 0.377 bits per heavy atom. The summed E-state index contributed by atoms with van der Waals surface area (Å²) in [6.45, 7) is 0. The van der Waals surface area contributed by atoms with Crippen LogP contribution in [0.4, 0.5) is 45.5 Å². The molecule has 53 heavy (non-hydrogen) atoms. The van der Waals surface area contributed by atoms with Crippen LogP contribution >= 0.6 is 0 Å². The van der Waals surface area contributed by atoms with E-state index in [0.717, 1.165) is 88.2 Å². The summed E-state index contributed by atoms with van der Waals surface area (Å²) in [6.07, 6.45) is 26.8. The fourth-order valence-electron chi connectivity index (χ4n) is 6.31. The van der Waals surface area contributed by atoms with Gasteiger partial charge in [0.05, 0.1) is 11.0 Å². The maximum atomic E-state index is 4.83. The normalized spacial score (nSPS) is 13.3. The van der Waals surface area contributed by atoms with Gasteiger partial charge in [-0.2, -0.15) is 36.2 Å². The molecule has 0 saturated carbocycles. The quantitative estimate of drug-likeness (QED) is 0.167. The third kappa shape index (κ3) is 7.02. The summed E-state index contributed by atoms with van der Waals surface area (Å²) < 4.78 is 0. The fourth-order valence-corrected chi connectivity index (χ4v) is 6.31. The Morgan fingerprint density at radius 3 is 1.06 bits per heavy atom. The zero-order chi connectivity index (χ0) is 33.3. The summed E-state index contributed by atoms with van der Waals surface area (Å²) >= 11 is 0. The Bertz CT molecular complexity index is 2450. The predicted octanol–water partition coefficient (Wildman–Crippen LogP) is 4.40. The van der Waals surface area contributed by atoms with Crippen molar-refractivity contribution in [3.8, 4) is 0 Å². The smallest absolute Gasteiger partial charge is 1.00 e. The first-order chi connectivity index (χ1) is 24.8. The molecule has 11 rings (SSSR count). The molecule has 7 heterocycles. The van der Waals surface area contributed by atoms with Gasteiger partial charge in [-0.3, -0.25) is 9.97 Å². The average molecular weight is 815 g/mol. The molecule has 0 spiro atoms. The standard InChI is InChI=1S/C18H10N4.2C12H8N2.2ClH.Ru/c1-2-8-14-13(7-1)21-17-11-5-3-9-19-15(11)16-12(18(17)22-14)6-4-10-20-16;2*1-3-9-5-6-10-4-2-8-14-12(10)11(9)13-7-1;;;/h1-10H;2*1-8H;2*1H;/q3*-2;;;+8/p-2. The minimum atomic E-state index is 0. The molecule has 0 N–H and O–H groups in total. The van der Waals surface area contributed by atoms with E-state index in [1.165, 1.54) is 0 Å². The molecule has 6 aromatic rings. The van der Waals surface area contributed by atoms with E-state index in [9.17, 15) is 0 Å². The van der Waals surface area contributed by atoms with Gasteiger partial charge in [0.15, 0.2) is 0 Å². The maximum Gasteiger partial charge on any atom is 8.00 e. The number of hydrogen-bond acceptors (Lipinski definition) is 2. The van der Waals surface area contributed by atoms with E-state index in [-0.39, 0.29) is 44.3 Å². The summed E-state index contributed by atoms with van der Waals surface area (Å²) in [5.41, 5.74) is 9.19. The number of aromatic nitrogens is 2. The summed E-state index contributed by atoms with van der Waals surface area (Å²) in [5.74, 6) is 0. The molecule has 0 bridgehead atoms. The third-order valence-corrected chi connectivity index (χ3v) is 8.61. The number of benzene rings is 4. The molecule has 0 amide bonds. The van der Waals surface area contributed by atoms with Gasteiger partial charge >= 0.3 is 19.5 Å². The molecule has 5 aliphatic rings. The Labute approximate surface area is 331 Å². The summed E-state index contributed by atoms with van der Waals surface area (Å²) in [7, 11) is 0. The van der Waals surface area contributed by atoms with Crippen LogP contribution < -0.4 is 45.7 Å². The molecular formula is C42H26Cl2N8Ru. The number of hydrogen-bond donors (Lipinski definition) is 0. The van der Waals surface area contributed by atoms with Crippen molar-refractivity contribution >= 4 is 91.6 Å². The molecule has 5 aliphatic heterocycles. The van der Waals surface area contributed by atoms with Gasteiger partial charge in [-0.25, -0.2) is 0 Å². The van der Waals surface area contributed by atoms with Crippen LogP contribution in [0.5, 0.6) is 0 Å². The Balaban J connectivity index is 0.000000137. The first-order valence-electron chi connectivity index (χ1n) is 16.2. The van der Waals surface area contributed by atoms with Gasteiger partial charge in [0.25, 0.3) is 0 Å². The topological polar surface area (TPSA) is 110 Å². The van der Waals surface area contributed by atoms with Gasteiger partial charge in [-0.15, -0.1) is 34.1 Å². The Hall–Kier alpha value is -5.86. The van der Waals surface area contributed by atoms with Crippen LogP contribution in [0.15, 0.2) is 134 Å². The molecule has 11 heteroatoms. The van der Waals surface area contributed by atoms with Crippen molar-refractivity contribution in [3.63, 3.8) is 0 Å². The maximum absolute atomic E-state index is 4.83. The number of halogens is 2. The van der Waals surface area contributed by atoms with Crippen molar-refractivity contribution in [2.45, 2.75) is 0 Å². The molecule has 0 fully saturated rings. The number of nitrogens with zero attached hydrogens (tertiary/aromatic N) is 8. The van der Waals surface area contributed by atoms with Gasteiger partial charge in [0.1, 0.15) is 0 Å². The van der Waals surface area contributed by atoms with Crippen LogP contribution in [-0.4, -0.2) is 9.97 Å². The van der Waals surface area contributed by atoms with E-state index in [1.807, 2.05) is 72.8 Å². The monoisotopic (exact) mass is 814 g/mol. The van der Waals surface area contributed by atoms with Crippen LogP contribution in [0.1, 0.15) is 0 Å². The summed E-state index contributed by atoms with van der Waals surface area (Å²) in [6, 6.07) is 24.1.